The zero-order valence-corrected chi connectivity index (χ0v) is 21.3. The van der Waals surface area contributed by atoms with E-state index >= 15 is 0 Å². The Balaban J connectivity index is 1.90. The van der Waals surface area contributed by atoms with E-state index in [1.54, 1.807) is 0 Å². The van der Waals surface area contributed by atoms with E-state index in [2.05, 4.69) is 34.6 Å². The van der Waals surface area contributed by atoms with Crippen molar-refractivity contribution in [2.45, 2.75) is 85.2 Å². The summed E-state index contributed by atoms with van der Waals surface area (Å²) in [6, 6.07) is 0. The van der Waals surface area contributed by atoms with Crippen molar-refractivity contribution in [3.05, 3.63) is 16.7 Å². The monoisotopic (exact) mass is 472 g/mol. The van der Waals surface area contributed by atoms with Crippen molar-refractivity contribution in [2.75, 3.05) is 0 Å². The second kappa shape index (κ2) is 7.97. The lowest BCUT2D eigenvalue weighted by Gasteiger charge is -2.59. The molecular weight excluding hydrogens is 432 g/mol. The Hall–Kier alpha value is -2.08. The van der Waals surface area contributed by atoms with Gasteiger partial charge in [-0.15, -0.1) is 0 Å². The number of aldehydes is 2. The molecule has 1 aromatic rings. The van der Waals surface area contributed by atoms with Crippen LogP contribution in [0.2, 0.25) is 0 Å². The first-order valence-corrected chi connectivity index (χ1v) is 12.7. The molecule has 0 saturated heterocycles. The summed E-state index contributed by atoms with van der Waals surface area (Å²) in [5, 5.41) is 44.1. The zero-order chi connectivity index (χ0) is 25.4. The molecule has 6 nitrogen and oxygen atoms in total. The van der Waals surface area contributed by atoms with Gasteiger partial charge in [0.2, 0.25) is 0 Å². The van der Waals surface area contributed by atoms with Crippen molar-refractivity contribution in [3.8, 4) is 17.2 Å². The van der Waals surface area contributed by atoms with Crippen molar-refractivity contribution in [1.29, 1.82) is 0 Å². The molecule has 0 spiro atoms. The number of hydrogen-bond donors (Lipinski definition) is 4. The van der Waals surface area contributed by atoms with Gasteiger partial charge >= 0.3 is 0 Å². The van der Waals surface area contributed by atoms with Gasteiger partial charge in [-0.3, -0.25) is 9.59 Å². The van der Waals surface area contributed by atoms with Crippen molar-refractivity contribution in [3.63, 3.8) is 0 Å². The number of aromatic hydroxyl groups is 3. The number of phenols is 3. The highest BCUT2D eigenvalue weighted by Crippen LogP contribution is 2.76. The highest BCUT2D eigenvalue weighted by molar-refractivity contribution is 5.95. The van der Waals surface area contributed by atoms with Gasteiger partial charge in [-0.25, -0.2) is 0 Å². The van der Waals surface area contributed by atoms with Gasteiger partial charge in [0, 0.05) is 5.56 Å². The topological polar surface area (TPSA) is 115 Å². The van der Waals surface area contributed by atoms with Gasteiger partial charge in [0.1, 0.15) is 17.2 Å². The van der Waals surface area contributed by atoms with Crippen LogP contribution in [0.1, 0.15) is 106 Å². The zero-order valence-electron chi connectivity index (χ0n) is 21.3. The highest BCUT2D eigenvalue weighted by Gasteiger charge is 2.72. The summed E-state index contributed by atoms with van der Waals surface area (Å²) in [6.45, 7) is 13.0. The van der Waals surface area contributed by atoms with Crippen LogP contribution in [0.5, 0.6) is 17.2 Å². The molecule has 6 heteroatoms. The van der Waals surface area contributed by atoms with Gasteiger partial charge < -0.3 is 20.4 Å². The van der Waals surface area contributed by atoms with Crippen molar-refractivity contribution >= 4 is 12.6 Å². The minimum absolute atomic E-state index is 0.0258. The number of hydrogen-bond acceptors (Lipinski definition) is 6. The van der Waals surface area contributed by atoms with E-state index in [0.717, 1.165) is 12.8 Å². The van der Waals surface area contributed by atoms with Crippen LogP contribution < -0.4 is 0 Å². The van der Waals surface area contributed by atoms with E-state index in [9.17, 15) is 30.0 Å². The van der Waals surface area contributed by atoms with E-state index in [4.69, 9.17) is 0 Å². The van der Waals surface area contributed by atoms with Crippen LogP contribution in [-0.4, -0.2) is 38.6 Å². The standard InChI is InChI=1S/C28H40O6/c1-14(2)11-15(20-23(32)16(12-29)22(31)17(13-30)24(20)33)18-8-10-28(6,34)25-21-19(26(21,3)4)7-9-27(18,25)5/h12-15,18-19,21,25,31-34H,7-11H2,1-6H3/t15?,18?,19?,21?,25?,27-,28+/m0/s1. The summed E-state index contributed by atoms with van der Waals surface area (Å²) >= 11 is 0. The van der Waals surface area contributed by atoms with Gasteiger partial charge in [0.25, 0.3) is 0 Å². The predicted molar refractivity (Wildman–Crippen MR) is 129 cm³/mol. The number of phenolic OH excluding ortho intramolecular Hbond substituents is 3. The Kier molecular flexibility index (Phi) is 5.87. The first-order valence-electron chi connectivity index (χ1n) is 12.7. The third-order valence-electron chi connectivity index (χ3n) is 10.0. The average Bonchev–Trinajstić information content (AvgIpc) is 3.27. The maximum absolute atomic E-state index is 11.7. The number of rotatable bonds is 6. The molecule has 7 atom stereocenters. The quantitative estimate of drug-likeness (QED) is 0.412. The van der Waals surface area contributed by atoms with Crippen molar-refractivity contribution in [1.82, 2.24) is 0 Å². The third-order valence-corrected chi connectivity index (χ3v) is 10.0. The Labute approximate surface area is 202 Å². The molecule has 34 heavy (non-hydrogen) atoms. The predicted octanol–water partition coefficient (Wildman–Crippen LogP) is 5.41. The maximum Gasteiger partial charge on any atom is 0.157 e. The average molecular weight is 473 g/mol. The van der Waals surface area contributed by atoms with E-state index in [1.807, 2.05) is 6.92 Å². The van der Waals surface area contributed by atoms with Gasteiger partial charge in [-0.05, 0) is 85.4 Å². The molecule has 3 aliphatic carbocycles. The summed E-state index contributed by atoms with van der Waals surface area (Å²) in [4.78, 5) is 23.5. The third kappa shape index (κ3) is 3.39. The van der Waals surface area contributed by atoms with Crippen LogP contribution in [0.4, 0.5) is 0 Å². The molecule has 0 heterocycles. The van der Waals surface area contributed by atoms with Crippen LogP contribution in [-0.2, 0) is 0 Å². The molecule has 3 saturated carbocycles. The highest BCUT2D eigenvalue weighted by atomic mass is 16.3. The van der Waals surface area contributed by atoms with Gasteiger partial charge in [0.15, 0.2) is 12.6 Å². The van der Waals surface area contributed by atoms with E-state index < -0.39 is 22.8 Å². The van der Waals surface area contributed by atoms with E-state index in [-0.39, 0.29) is 51.2 Å². The minimum atomic E-state index is -0.800. The summed E-state index contributed by atoms with van der Waals surface area (Å²) in [5.41, 5.74) is -1.40. The van der Waals surface area contributed by atoms with Crippen LogP contribution >= 0.6 is 0 Å². The lowest BCUT2D eigenvalue weighted by atomic mass is 9.47. The molecule has 5 unspecified atom stereocenters. The van der Waals surface area contributed by atoms with Gasteiger partial charge in [0.05, 0.1) is 16.7 Å². The molecule has 0 aromatic heterocycles. The largest absolute Gasteiger partial charge is 0.507 e. The molecule has 4 rings (SSSR count). The molecule has 0 radical (unpaired) electrons. The second-order valence-corrected chi connectivity index (χ2v) is 12.7. The number of aliphatic hydroxyl groups is 1. The van der Waals surface area contributed by atoms with Crippen LogP contribution in [0.25, 0.3) is 0 Å². The summed E-state index contributed by atoms with van der Waals surface area (Å²) in [7, 11) is 0. The van der Waals surface area contributed by atoms with E-state index in [0.29, 0.717) is 43.7 Å². The Morgan fingerprint density at radius 1 is 0.912 bits per heavy atom. The number of carbonyl (C=O) groups excluding carboxylic acids is 2. The summed E-state index contributed by atoms with van der Waals surface area (Å²) in [5.74, 6) is -0.575. The minimum Gasteiger partial charge on any atom is -0.507 e. The lowest BCUT2D eigenvalue weighted by Crippen LogP contribution is -2.56. The van der Waals surface area contributed by atoms with Crippen LogP contribution in [0.15, 0.2) is 0 Å². The van der Waals surface area contributed by atoms with Crippen molar-refractivity contribution < 1.29 is 30.0 Å². The molecule has 1 aromatic carbocycles. The Morgan fingerprint density at radius 2 is 1.47 bits per heavy atom. The maximum atomic E-state index is 11.7. The fourth-order valence-electron chi connectivity index (χ4n) is 8.48. The fraction of sp³-hybridized carbons (Fsp3) is 0.714. The Bertz CT molecular complexity index is 974. The molecule has 188 valence electrons. The Morgan fingerprint density at radius 3 is 1.97 bits per heavy atom. The molecule has 4 N–H and O–H groups in total. The molecule has 0 amide bonds. The number of carbonyl (C=O) groups is 2. The molecular formula is C28H40O6. The van der Waals surface area contributed by atoms with E-state index in [1.165, 1.54) is 0 Å². The fourth-order valence-corrected chi connectivity index (χ4v) is 8.48. The normalized spacial score (nSPS) is 36.9. The first kappa shape index (κ1) is 25.0. The number of fused-ring (bicyclic) bond motifs is 3. The van der Waals surface area contributed by atoms with Crippen LogP contribution in [0, 0.1) is 40.4 Å². The van der Waals surface area contributed by atoms with Gasteiger partial charge in [-0.2, -0.15) is 0 Å². The summed E-state index contributed by atoms with van der Waals surface area (Å²) in [6.07, 6.45) is 4.66. The first-order chi connectivity index (χ1) is 15.7. The SMILES string of the molecule is CC(C)CC(c1c(O)c(C=O)c(O)c(C=O)c1O)C1CC[C@@](C)(O)C2C3C(CC[C@@]12C)C3(C)C. The lowest BCUT2D eigenvalue weighted by molar-refractivity contribution is -0.155. The summed E-state index contributed by atoms with van der Waals surface area (Å²) < 4.78 is 0. The van der Waals surface area contributed by atoms with Crippen LogP contribution in [0.3, 0.4) is 0 Å². The van der Waals surface area contributed by atoms with Gasteiger partial charge in [-0.1, -0.05) is 34.6 Å². The number of benzene rings is 1. The second-order valence-electron chi connectivity index (χ2n) is 12.7. The smallest absolute Gasteiger partial charge is 0.157 e. The van der Waals surface area contributed by atoms with Crippen molar-refractivity contribution in [2.24, 2.45) is 40.4 Å². The molecule has 0 aliphatic heterocycles. The molecule has 3 fully saturated rings. The molecule has 0 bridgehead atoms. The molecule has 3 aliphatic rings.